The lowest BCUT2D eigenvalue weighted by atomic mass is 10.2. The predicted octanol–water partition coefficient (Wildman–Crippen LogP) is 3.53. The number of halogens is 1. The van der Waals surface area contributed by atoms with E-state index < -0.39 is 0 Å². The summed E-state index contributed by atoms with van der Waals surface area (Å²) in [6.45, 7) is 3.69. The maximum absolute atomic E-state index is 9.47. The van der Waals surface area contributed by atoms with Gasteiger partial charge in [-0.1, -0.05) is 17.7 Å². The SMILES string of the molecule is CCN(Cc1cnc(Cl)s1)c1cccc(O)c1. The standard InChI is InChI=1S/C12H13ClN2OS/c1-2-15(8-11-7-14-12(13)17-11)9-4-3-5-10(16)6-9/h3-7,16H,2,8H2,1H3. The van der Waals surface area contributed by atoms with Crippen molar-refractivity contribution >= 4 is 28.6 Å². The van der Waals surface area contributed by atoms with E-state index in [-0.39, 0.29) is 5.75 Å². The van der Waals surface area contributed by atoms with Crippen molar-refractivity contribution in [3.63, 3.8) is 0 Å². The Morgan fingerprint density at radius 2 is 2.29 bits per heavy atom. The first-order valence-electron chi connectivity index (χ1n) is 5.33. The second-order valence-corrected chi connectivity index (χ2v) is 5.31. The van der Waals surface area contributed by atoms with E-state index >= 15 is 0 Å². The number of anilines is 1. The zero-order valence-corrected chi connectivity index (χ0v) is 11.0. The van der Waals surface area contributed by atoms with Crippen molar-refractivity contribution in [3.05, 3.63) is 39.8 Å². The van der Waals surface area contributed by atoms with E-state index in [2.05, 4.69) is 16.8 Å². The first kappa shape index (κ1) is 12.2. The molecule has 0 bridgehead atoms. The molecule has 1 N–H and O–H groups in total. The molecule has 90 valence electrons. The van der Waals surface area contributed by atoms with Crippen molar-refractivity contribution in [2.75, 3.05) is 11.4 Å². The summed E-state index contributed by atoms with van der Waals surface area (Å²) in [5.74, 6) is 0.281. The molecule has 0 aliphatic rings. The summed E-state index contributed by atoms with van der Waals surface area (Å²) in [5, 5.41) is 9.47. The van der Waals surface area contributed by atoms with Crippen LogP contribution in [0.15, 0.2) is 30.5 Å². The lowest BCUT2D eigenvalue weighted by molar-refractivity contribution is 0.475. The third-order valence-electron chi connectivity index (χ3n) is 2.45. The van der Waals surface area contributed by atoms with Crippen LogP contribution in [0.2, 0.25) is 4.47 Å². The molecule has 0 spiro atoms. The van der Waals surface area contributed by atoms with Crippen LogP contribution in [0.1, 0.15) is 11.8 Å². The van der Waals surface area contributed by atoms with Crippen LogP contribution in [-0.4, -0.2) is 16.6 Å². The highest BCUT2D eigenvalue weighted by molar-refractivity contribution is 7.15. The Balaban J connectivity index is 2.16. The topological polar surface area (TPSA) is 36.4 Å². The molecule has 0 saturated carbocycles. The molecule has 3 nitrogen and oxygen atoms in total. The van der Waals surface area contributed by atoms with Crippen LogP contribution in [0.5, 0.6) is 5.75 Å². The Bertz CT molecular complexity index is 501. The molecule has 17 heavy (non-hydrogen) atoms. The van der Waals surface area contributed by atoms with Crippen molar-refractivity contribution in [1.29, 1.82) is 0 Å². The molecular formula is C12H13ClN2OS. The van der Waals surface area contributed by atoms with Crippen LogP contribution in [0, 0.1) is 0 Å². The summed E-state index contributed by atoms with van der Waals surface area (Å²) in [6.07, 6.45) is 1.79. The van der Waals surface area contributed by atoms with Crippen molar-refractivity contribution in [3.8, 4) is 5.75 Å². The molecule has 0 saturated heterocycles. The molecule has 0 radical (unpaired) electrons. The van der Waals surface area contributed by atoms with Crippen LogP contribution < -0.4 is 4.90 Å². The van der Waals surface area contributed by atoms with Crippen molar-refractivity contribution in [2.24, 2.45) is 0 Å². The van der Waals surface area contributed by atoms with Gasteiger partial charge in [0.15, 0.2) is 4.47 Å². The number of phenolic OH excluding ortho intramolecular Hbond substituents is 1. The molecule has 0 unspecified atom stereocenters. The Morgan fingerprint density at radius 3 is 2.88 bits per heavy atom. The minimum Gasteiger partial charge on any atom is -0.508 e. The lowest BCUT2D eigenvalue weighted by Crippen LogP contribution is -2.21. The summed E-state index contributed by atoms with van der Waals surface area (Å²) in [6, 6.07) is 7.24. The Kier molecular flexibility index (Phi) is 3.86. The highest BCUT2D eigenvalue weighted by Gasteiger charge is 2.08. The molecule has 1 heterocycles. The molecular weight excluding hydrogens is 256 g/mol. The van der Waals surface area contributed by atoms with Gasteiger partial charge < -0.3 is 10.0 Å². The third kappa shape index (κ3) is 3.11. The Labute approximate surface area is 109 Å². The van der Waals surface area contributed by atoms with Crippen LogP contribution >= 0.6 is 22.9 Å². The van der Waals surface area contributed by atoms with E-state index in [1.54, 1.807) is 18.3 Å². The summed E-state index contributed by atoms with van der Waals surface area (Å²) in [4.78, 5) is 7.29. The molecule has 0 fully saturated rings. The van der Waals surface area contributed by atoms with Crippen molar-refractivity contribution in [2.45, 2.75) is 13.5 Å². The molecule has 0 amide bonds. The monoisotopic (exact) mass is 268 g/mol. The van der Waals surface area contributed by atoms with E-state index in [1.165, 1.54) is 11.3 Å². The molecule has 1 aromatic carbocycles. The van der Waals surface area contributed by atoms with Gasteiger partial charge in [-0.25, -0.2) is 4.98 Å². The van der Waals surface area contributed by atoms with Crippen LogP contribution in [-0.2, 0) is 6.54 Å². The summed E-state index contributed by atoms with van der Waals surface area (Å²) in [5.41, 5.74) is 0.997. The number of thiazole rings is 1. The van der Waals surface area contributed by atoms with E-state index in [0.29, 0.717) is 4.47 Å². The molecule has 2 aromatic rings. The van der Waals surface area contributed by atoms with Crippen LogP contribution in [0.4, 0.5) is 5.69 Å². The number of hydrogen-bond donors (Lipinski definition) is 1. The average Bonchev–Trinajstić information content (AvgIpc) is 2.72. The van der Waals surface area contributed by atoms with Crippen LogP contribution in [0.3, 0.4) is 0 Å². The molecule has 0 aliphatic carbocycles. The van der Waals surface area contributed by atoms with E-state index in [4.69, 9.17) is 11.6 Å². The summed E-state index contributed by atoms with van der Waals surface area (Å²) in [7, 11) is 0. The Morgan fingerprint density at radius 1 is 1.47 bits per heavy atom. The smallest absolute Gasteiger partial charge is 0.183 e. The fraction of sp³-hybridized carbons (Fsp3) is 0.250. The minimum absolute atomic E-state index is 0.281. The van der Waals surface area contributed by atoms with Gasteiger partial charge in [0.05, 0.1) is 6.54 Å². The number of aromatic hydroxyl groups is 1. The van der Waals surface area contributed by atoms with Gasteiger partial charge in [0, 0.05) is 29.4 Å². The minimum atomic E-state index is 0.281. The lowest BCUT2D eigenvalue weighted by Gasteiger charge is -2.22. The fourth-order valence-electron chi connectivity index (χ4n) is 1.62. The van der Waals surface area contributed by atoms with Gasteiger partial charge in [0.2, 0.25) is 0 Å². The second kappa shape index (κ2) is 5.38. The predicted molar refractivity (Wildman–Crippen MR) is 72.0 cm³/mol. The number of benzene rings is 1. The maximum Gasteiger partial charge on any atom is 0.183 e. The first-order valence-corrected chi connectivity index (χ1v) is 6.52. The summed E-state index contributed by atoms with van der Waals surface area (Å²) < 4.78 is 0.562. The number of rotatable bonds is 4. The zero-order chi connectivity index (χ0) is 12.3. The number of phenols is 1. The van der Waals surface area contributed by atoms with Crippen LogP contribution in [0.25, 0.3) is 0 Å². The first-order chi connectivity index (χ1) is 8.19. The van der Waals surface area contributed by atoms with E-state index in [1.807, 2.05) is 12.1 Å². The number of nitrogens with zero attached hydrogens (tertiary/aromatic N) is 2. The van der Waals surface area contributed by atoms with Gasteiger partial charge in [-0.05, 0) is 19.1 Å². The highest BCUT2D eigenvalue weighted by Crippen LogP contribution is 2.24. The number of hydrogen-bond acceptors (Lipinski definition) is 4. The highest BCUT2D eigenvalue weighted by atomic mass is 35.5. The zero-order valence-electron chi connectivity index (χ0n) is 9.43. The second-order valence-electron chi connectivity index (χ2n) is 3.61. The normalized spacial score (nSPS) is 10.5. The molecule has 1 aromatic heterocycles. The van der Waals surface area contributed by atoms with Gasteiger partial charge >= 0.3 is 0 Å². The maximum atomic E-state index is 9.47. The van der Waals surface area contributed by atoms with E-state index in [9.17, 15) is 5.11 Å². The fourth-order valence-corrected chi connectivity index (χ4v) is 2.61. The number of aromatic nitrogens is 1. The quantitative estimate of drug-likeness (QED) is 0.922. The van der Waals surface area contributed by atoms with Gasteiger partial charge in [-0.2, -0.15) is 0 Å². The average molecular weight is 269 g/mol. The summed E-state index contributed by atoms with van der Waals surface area (Å²) >= 11 is 7.29. The largest absolute Gasteiger partial charge is 0.508 e. The van der Waals surface area contributed by atoms with Gasteiger partial charge in [0.25, 0.3) is 0 Å². The molecule has 0 aliphatic heterocycles. The van der Waals surface area contributed by atoms with Crippen molar-refractivity contribution in [1.82, 2.24) is 4.98 Å². The molecule has 2 rings (SSSR count). The third-order valence-corrected chi connectivity index (χ3v) is 3.55. The molecule has 0 atom stereocenters. The van der Waals surface area contributed by atoms with E-state index in [0.717, 1.165) is 23.7 Å². The van der Waals surface area contributed by atoms with Gasteiger partial charge in [0.1, 0.15) is 5.75 Å². The van der Waals surface area contributed by atoms with Gasteiger partial charge in [-0.3, -0.25) is 0 Å². The Hall–Kier alpha value is -1.26. The van der Waals surface area contributed by atoms with Crippen molar-refractivity contribution < 1.29 is 5.11 Å². The molecule has 5 heteroatoms. The van der Waals surface area contributed by atoms with Gasteiger partial charge in [-0.15, -0.1) is 11.3 Å².